The van der Waals surface area contributed by atoms with Gasteiger partial charge in [-0.2, -0.15) is 5.10 Å². The molecule has 5 nitrogen and oxygen atoms in total. The van der Waals surface area contributed by atoms with Gasteiger partial charge in [0.15, 0.2) is 0 Å². The van der Waals surface area contributed by atoms with E-state index >= 15 is 0 Å². The van der Waals surface area contributed by atoms with Gasteiger partial charge < -0.3 is 10.6 Å². The maximum Gasteiger partial charge on any atom is 0.221 e. The molecule has 0 saturated heterocycles. The molecule has 1 rings (SSSR count). The number of aryl methyl sites for hydroxylation is 2. The van der Waals surface area contributed by atoms with Crippen LogP contribution in [0.2, 0.25) is 0 Å². The molecule has 0 bridgehead atoms. The molecule has 2 N–H and O–H groups in total. The number of carbonyl (C=O) groups is 1. The minimum absolute atomic E-state index is 0.0710. The van der Waals surface area contributed by atoms with E-state index in [9.17, 15) is 4.79 Å². The van der Waals surface area contributed by atoms with E-state index < -0.39 is 0 Å². The SMILES string of the molecule is CCNC(C)CC(=O)NCc1cn(C)nc1C. The molecule has 1 amide bonds. The van der Waals surface area contributed by atoms with Crippen molar-refractivity contribution >= 4 is 5.91 Å². The summed E-state index contributed by atoms with van der Waals surface area (Å²) in [5, 5.41) is 10.4. The van der Waals surface area contributed by atoms with Gasteiger partial charge in [0.2, 0.25) is 5.91 Å². The second-order valence-corrected chi connectivity index (χ2v) is 4.35. The van der Waals surface area contributed by atoms with Crippen molar-refractivity contribution in [2.75, 3.05) is 6.54 Å². The predicted molar refractivity (Wildman–Crippen MR) is 67.5 cm³/mol. The molecule has 0 radical (unpaired) electrons. The highest BCUT2D eigenvalue weighted by molar-refractivity contribution is 5.76. The third-order valence-electron chi connectivity index (χ3n) is 2.64. The van der Waals surface area contributed by atoms with Gasteiger partial charge in [0, 0.05) is 37.8 Å². The minimum Gasteiger partial charge on any atom is -0.352 e. The number of aromatic nitrogens is 2. The zero-order chi connectivity index (χ0) is 12.8. The van der Waals surface area contributed by atoms with Gasteiger partial charge in [-0.25, -0.2) is 0 Å². The third-order valence-corrected chi connectivity index (χ3v) is 2.64. The van der Waals surface area contributed by atoms with E-state index in [4.69, 9.17) is 0 Å². The lowest BCUT2D eigenvalue weighted by Gasteiger charge is -2.11. The molecule has 0 aliphatic rings. The summed E-state index contributed by atoms with van der Waals surface area (Å²) in [5.41, 5.74) is 2.03. The minimum atomic E-state index is 0.0710. The van der Waals surface area contributed by atoms with E-state index in [0.717, 1.165) is 17.8 Å². The summed E-state index contributed by atoms with van der Waals surface area (Å²) in [6, 6.07) is 0.218. The quantitative estimate of drug-likeness (QED) is 0.768. The molecular formula is C12H22N4O. The van der Waals surface area contributed by atoms with E-state index in [2.05, 4.69) is 15.7 Å². The van der Waals surface area contributed by atoms with Crippen LogP contribution in [0.3, 0.4) is 0 Å². The van der Waals surface area contributed by atoms with Crippen LogP contribution in [0, 0.1) is 6.92 Å². The Bertz CT molecular complexity index is 373. The van der Waals surface area contributed by atoms with Gasteiger partial charge in [-0.3, -0.25) is 9.48 Å². The van der Waals surface area contributed by atoms with Crippen LogP contribution in [-0.2, 0) is 18.4 Å². The van der Waals surface area contributed by atoms with Crippen molar-refractivity contribution in [2.24, 2.45) is 7.05 Å². The molecule has 0 fully saturated rings. The first-order chi connectivity index (χ1) is 8.02. The summed E-state index contributed by atoms with van der Waals surface area (Å²) < 4.78 is 1.76. The van der Waals surface area contributed by atoms with Crippen LogP contribution in [0.4, 0.5) is 0 Å². The van der Waals surface area contributed by atoms with E-state index in [0.29, 0.717) is 13.0 Å². The monoisotopic (exact) mass is 238 g/mol. The Kier molecular flexibility index (Phi) is 5.15. The van der Waals surface area contributed by atoms with Crippen molar-refractivity contribution in [3.8, 4) is 0 Å². The molecule has 0 aromatic carbocycles. The summed E-state index contributed by atoms with van der Waals surface area (Å²) >= 11 is 0. The fraction of sp³-hybridized carbons (Fsp3) is 0.667. The molecule has 1 unspecified atom stereocenters. The van der Waals surface area contributed by atoms with Crippen LogP contribution < -0.4 is 10.6 Å². The first-order valence-corrected chi connectivity index (χ1v) is 6.02. The molecule has 1 aromatic heterocycles. The molecular weight excluding hydrogens is 216 g/mol. The number of nitrogens with zero attached hydrogens (tertiary/aromatic N) is 2. The lowest BCUT2D eigenvalue weighted by molar-refractivity contribution is -0.121. The van der Waals surface area contributed by atoms with Crippen LogP contribution in [0.15, 0.2) is 6.20 Å². The number of hydrogen-bond acceptors (Lipinski definition) is 3. The number of carbonyl (C=O) groups excluding carboxylic acids is 1. The fourth-order valence-corrected chi connectivity index (χ4v) is 1.79. The van der Waals surface area contributed by atoms with Gasteiger partial charge in [-0.05, 0) is 20.4 Å². The Hall–Kier alpha value is -1.36. The molecule has 0 spiro atoms. The van der Waals surface area contributed by atoms with Crippen molar-refractivity contribution in [3.05, 3.63) is 17.5 Å². The Balaban J connectivity index is 2.35. The lowest BCUT2D eigenvalue weighted by Crippen LogP contribution is -2.33. The summed E-state index contributed by atoms with van der Waals surface area (Å²) in [6.07, 6.45) is 2.44. The van der Waals surface area contributed by atoms with Crippen LogP contribution >= 0.6 is 0 Å². The van der Waals surface area contributed by atoms with E-state index in [1.54, 1.807) is 4.68 Å². The molecule has 1 atom stereocenters. The van der Waals surface area contributed by atoms with Gasteiger partial charge in [-0.1, -0.05) is 6.92 Å². The molecule has 1 aromatic rings. The van der Waals surface area contributed by atoms with E-state index in [1.165, 1.54) is 0 Å². The van der Waals surface area contributed by atoms with Gasteiger partial charge in [0.1, 0.15) is 0 Å². The summed E-state index contributed by atoms with van der Waals surface area (Å²) in [6.45, 7) is 7.43. The van der Waals surface area contributed by atoms with Crippen molar-refractivity contribution in [2.45, 2.75) is 39.8 Å². The molecule has 5 heteroatoms. The summed E-state index contributed by atoms with van der Waals surface area (Å²) in [7, 11) is 1.88. The van der Waals surface area contributed by atoms with Gasteiger partial charge in [0.05, 0.1) is 5.69 Å². The summed E-state index contributed by atoms with van der Waals surface area (Å²) in [5.74, 6) is 0.0710. The Labute approximate surface area is 103 Å². The lowest BCUT2D eigenvalue weighted by atomic mass is 10.2. The molecule has 0 saturated carbocycles. The number of rotatable bonds is 6. The number of amides is 1. The number of hydrogen-bond donors (Lipinski definition) is 2. The highest BCUT2D eigenvalue weighted by Crippen LogP contribution is 2.03. The smallest absolute Gasteiger partial charge is 0.221 e. The highest BCUT2D eigenvalue weighted by atomic mass is 16.1. The second-order valence-electron chi connectivity index (χ2n) is 4.35. The zero-order valence-corrected chi connectivity index (χ0v) is 11.1. The largest absolute Gasteiger partial charge is 0.352 e. The highest BCUT2D eigenvalue weighted by Gasteiger charge is 2.09. The molecule has 0 aliphatic heterocycles. The van der Waals surface area contributed by atoms with E-state index in [1.807, 2.05) is 34.0 Å². The topological polar surface area (TPSA) is 59.0 Å². The van der Waals surface area contributed by atoms with Crippen molar-refractivity contribution in [1.29, 1.82) is 0 Å². The zero-order valence-electron chi connectivity index (χ0n) is 11.1. The third kappa shape index (κ3) is 4.56. The Morgan fingerprint density at radius 2 is 2.29 bits per heavy atom. The van der Waals surface area contributed by atoms with Crippen molar-refractivity contribution in [3.63, 3.8) is 0 Å². The maximum absolute atomic E-state index is 11.6. The average molecular weight is 238 g/mol. The van der Waals surface area contributed by atoms with Gasteiger partial charge in [-0.15, -0.1) is 0 Å². The Morgan fingerprint density at radius 3 is 2.82 bits per heavy atom. The second kappa shape index (κ2) is 6.39. The first kappa shape index (κ1) is 13.7. The van der Waals surface area contributed by atoms with Crippen molar-refractivity contribution < 1.29 is 4.79 Å². The first-order valence-electron chi connectivity index (χ1n) is 6.02. The van der Waals surface area contributed by atoms with Crippen LogP contribution in [-0.4, -0.2) is 28.3 Å². The molecule has 96 valence electrons. The number of nitrogens with one attached hydrogen (secondary N) is 2. The van der Waals surface area contributed by atoms with E-state index in [-0.39, 0.29) is 11.9 Å². The molecule has 17 heavy (non-hydrogen) atoms. The predicted octanol–water partition coefficient (Wildman–Crippen LogP) is 0.733. The maximum atomic E-state index is 11.6. The average Bonchev–Trinajstić information content (AvgIpc) is 2.54. The summed E-state index contributed by atoms with van der Waals surface area (Å²) in [4.78, 5) is 11.6. The molecule has 1 heterocycles. The fourth-order valence-electron chi connectivity index (χ4n) is 1.79. The standard InChI is InChI=1S/C12H22N4O/c1-5-13-9(2)6-12(17)14-7-11-8-16(4)15-10(11)3/h8-9,13H,5-7H2,1-4H3,(H,14,17). The Morgan fingerprint density at radius 1 is 1.59 bits per heavy atom. The van der Waals surface area contributed by atoms with Crippen LogP contribution in [0.5, 0.6) is 0 Å². The van der Waals surface area contributed by atoms with Gasteiger partial charge in [0.25, 0.3) is 0 Å². The normalized spacial score (nSPS) is 12.5. The van der Waals surface area contributed by atoms with Gasteiger partial charge >= 0.3 is 0 Å². The van der Waals surface area contributed by atoms with Crippen LogP contribution in [0.1, 0.15) is 31.5 Å². The van der Waals surface area contributed by atoms with Crippen LogP contribution in [0.25, 0.3) is 0 Å². The van der Waals surface area contributed by atoms with Crippen molar-refractivity contribution in [1.82, 2.24) is 20.4 Å². The molecule has 0 aliphatic carbocycles.